The van der Waals surface area contributed by atoms with Crippen LogP contribution in [0.15, 0.2) is 16.6 Å². The van der Waals surface area contributed by atoms with E-state index in [0.717, 1.165) is 40.5 Å². The van der Waals surface area contributed by atoms with E-state index in [0.29, 0.717) is 5.92 Å². The van der Waals surface area contributed by atoms with E-state index < -0.39 is 0 Å². The first kappa shape index (κ1) is 14.8. The SMILES string of the molecule is Cc1cc(N2C(=O)[C@H]3C[C@@H](C)CC[C@H]3C2=O)cc(C)c1Br. The lowest BCUT2D eigenvalue weighted by molar-refractivity contribution is -0.122. The fourth-order valence-corrected chi connectivity index (χ4v) is 3.93. The quantitative estimate of drug-likeness (QED) is 0.718. The van der Waals surface area contributed by atoms with Crippen molar-refractivity contribution in [1.29, 1.82) is 0 Å². The molecule has 1 aliphatic carbocycles. The summed E-state index contributed by atoms with van der Waals surface area (Å²) in [4.78, 5) is 26.8. The van der Waals surface area contributed by atoms with Gasteiger partial charge in [-0.3, -0.25) is 14.5 Å². The van der Waals surface area contributed by atoms with Gasteiger partial charge in [-0.25, -0.2) is 0 Å². The molecular weight excluding hydrogens is 330 g/mol. The molecule has 3 rings (SSSR count). The molecule has 0 bridgehead atoms. The third-order valence-corrected chi connectivity index (χ3v) is 6.12. The minimum absolute atomic E-state index is 0.00183. The summed E-state index contributed by atoms with van der Waals surface area (Å²) in [6.45, 7) is 6.14. The van der Waals surface area contributed by atoms with Gasteiger partial charge < -0.3 is 0 Å². The van der Waals surface area contributed by atoms with Crippen molar-refractivity contribution in [2.24, 2.45) is 17.8 Å². The van der Waals surface area contributed by atoms with Crippen LogP contribution in [0.3, 0.4) is 0 Å². The molecule has 0 radical (unpaired) electrons. The maximum atomic E-state index is 12.7. The van der Waals surface area contributed by atoms with Crippen LogP contribution in [0.5, 0.6) is 0 Å². The average molecular weight is 350 g/mol. The topological polar surface area (TPSA) is 37.4 Å². The first-order valence-corrected chi connectivity index (χ1v) is 8.34. The number of hydrogen-bond acceptors (Lipinski definition) is 2. The monoisotopic (exact) mass is 349 g/mol. The Kier molecular flexibility index (Phi) is 3.68. The van der Waals surface area contributed by atoms with Gasteiger partial charge in [-0.2, -0.15) is 0 Å². The first-order chi connectivity index (χ1) is 9.90. The Morgan fingerprint density at radius 2 is 1.62 bits per heavy atom. The molecule has 2 amide bonds. The Morgan fingerprint density at radius 1 is 1.05 bits per heavy atom. The van der Waals surface area contributed by atoms with Crippen molar-refractivity contribution in [2.45, 2.75) is 40.0 Å². The number of carbonyl (C=O) groups is 2. The number of fused-ring (bicyclic) bond motifs is 1. The van der Waals surface area contributed by atoms with Gasteiger partial charge >= 0.3 is 0 Å². The number of rotatable bonds is 1. The number of imide groups is 1. The van der Waals surface area contributed by atoms with E-state index in [9.17, 15) is 9.59 Å². The number of amides is 2. The van der Waals surface area contributed by atoms with Crippen molar-refractivity contribution in [3.63, 3.8) is 0 Å². The lowest BCUT2D eigenvalue weighted by atomic mass is 9.76. The highest BCUT2D eigenvalue weighted by atomic mass is 79.9. The van der Waals surface area contributed by atoms with Gasteiger partial charge in [0.2, 0.25) is 11.8 Å². The summed E-state index contributed by atoms with van der Waals surface area (Å²) in [5, 5.41) is 0. The van der Waals surface area contributed by atoms with Gasteiger partial charge in [0.25, 0.3) is 0 Å². The van der Waals surface area contributed by atoms with Gasteiger partial charge in [0.15, 0.2) is 0 Å². The van der Waals surface area contributed by atoms with Crippen molar-refractivity contribution < 1.29 is 9.59 Å². The Balaban J connectivity index is 1.99. The molecule has 2 aliphatic rings. The summed E-state index contributed by atoms with van der Waals surface area (Å²) in [5.41, 5.74) is 2.83. The van der Waals surface area contributed by atoms with E-state index in [1.54, 1.807) is 0 Å². The van der Waals surface area contributed by atoms with Crippen LogP contribution >= 0.6 is 15.9 Å². The molecule has 4 heteroatoms. The third-order valence-electron chi connectivity index (χ3n) is 4.87. The number of aryl methyl sites for hydroxylation is 2. The molecule has 2 fully saturated rings. The molecular formula is C17H20BrNO2. The van der Waals surface area contributed by atoms with Crippen molar-refractivity contribution in [3.8, 4) is 0 Å². The van der Waals surface area contributed by atoms with E-state index in [1.165, 1.54) is 4.90 Å². The second-order valence-corrected chi connectivity index (χ2v) is 7.33. The van der Waals surface area contributed by atoms with E-state index in [1.807, 2.05) is 26.0 Å². The molecule has 1 aromatic rings. The lowest BCUT2D eigenvalue weighted by Gasteiger charge is -2.25. The molecule has 1 heterocycles. The third kappa shape index (κ3) is 2.33. The summed E-state index contributed by atoms with van der Waals surface area (Å²) in [6.07, 6.45) is 2.74. The highest BCUT2D eigenvalue weighted by molar-refractivity contribution is 9.10. The lowest BCUT2D eigenvalue weighted by Crippen LogP contribution is -2.31. The zero-order chi connectivity index (χ0) is 15.3. The molecule has 0 N–H and O–H groups in total. The summed E-state index contributed by atoms with van der Waals surface area (Å²) in [6, 6.07) is 3.85. The van der Waals surface area contributed by atoms with Crippen molar-refractivity contribution >= 4 is 33.4 Å². The molecule has 3 atom stereocenters. The average Bonchev–Trinajstić information content (AvgIpc) is 2.67. The molecule has 0 aromatic heterocycles. The van der Waals surface area contributed by atoms with E-state index in [2.05, 4.69) is 22.9 Å². The minimum Gasteiger partial charge on any atom is -0.274 e. The number of halogens is 1. The van der Waals surface area contributed by atoms with Gasteiger partial charge in [-0.05, 0) is 62.3 Å². The van der Waals surface area contributed by atoms with E-state index >= 15 is 0 Å². The minimum atomic E-state index is -0.106. The summed E-state index contributed by atoms with van der Waals surface area (Å²) in [5.74, 6) is 0.329. The summed E-state index contributed by atoms with van der Waals surface area (Å²) in [7, 11) is 0. The standard InChI is InChI=1S/C17H20BrNO2/c1-9-4-5-13-14(6-9)17(21)19(16(13)20)12-7-10(2)15(18)11(3)8-12/h7-9,13-14H,4-6H2,1-3H3/t9-,13+,14-/m0/s1. The number of anilines is 1. The Labute approximate surface area is 133 Å². The normalized spacial score (nSPS) is 29.0. The second-order valence-electron chi connectivity index (χ2n) is 6.54. The maximum absolute atomic E-state index is 12.7. The molecule has 1 saturated carbocycles. The smallest absolute Gasteiger partial charge is 0.237 e. The van der Waals surface area contributed by atoms with Crippen molar-refractivity contribution in [2.75, 3.05) is 4.90 Å². The zero-order valence-corrected chi connectivity index (χ0v) is 14.2. The van der Waals surface area contributed by atoms with E-state index in [-0.39, 0.29) is 23.7 Å². The molecule has 0 unspecified atom stereocenters. The second kappa shape index (κ2) is 5.24. The Bertz CT molecular complexity index is 602. The number of benzene rings is 1. The fourth-order valence-electron chi connectivity index (χ4n) is 3.70. The molecule has 3 nitrogen and oxygen atoms in total. The highest BCUT2D eigenvalue weighted by Gasteiger charge is 2.50. The molecule has 21 heavy (non-hydrogen) atoms. The van der Waals surface area contributed by atoms with Gasteiger partial charge in [0, 0.05) is 4.47 Å². The number of hydrogen-bond donors (Lipinski definition) is 0. The van der Waals surface area contributed by atoms with Crippen LogP contribution in [-0.2, 0) is 9.59 Å². The van der Waals surface area contributed by atoms with Crippen LogP contribution in [0.1, 0.15) is 37.3 Å². The van der Waals surface area contributed by atoms with Gasteiger partial charge in [-0.1, -0.05) is 22.9 Å². The van der Waals surface area contributed by atoms with Crippen LogP contribution in [0.4, 0.5) is 5.69 Å². The molecule has 1 saturated heterocycles. The largest absolute Gasteiger partial charge is 0.274 e. The van der Waals surface area contributed by atoms with Crippen molar-refractivity contribution in [1.82, 2.24) is 0 Å². The summed E-state index contributed by atoms with van der Waals surface area (Å²) >= 11 is 3.53. The fraction of sp³-hybridized carbons (Fsp3) is 0.529. The number of carbonyl (C=O) groups excluding carboxylic acids is 2. The Morgan fingerprint density at radius 3 is 2.24 bits per heavy atom. The van der Waals surface area contributed by atoms with Gasteiger partial charge in [0.1, 0.15) is 0 Å². The molecule has 0 spiro atoms. The van der Waals surface area contributed by atoms with Crippen LogP contribution in [0.25, 0.3) is 0 Å². The molecule has 1 aromatic carbocycles. The van der Waals surface area contributed by atoms with Crippen LogP contribution < -0.4 is 4.90 Å². The van der Waals surface area contributed by atoms with Crippen molar-refractivity contribution in [3.05, 3.63) is 27.7 Å². The van der Waals surface area contributed by atoms with Gasteiger partial charge in [-0.15, -0.1) is 0 Å². The number of nitrogens with zero attached hydrogens (tertiary/aromatic N) is 1. The van der Waals surface area contributed by atoms with E-state index in [4.69, 9.17) is 0 Å². The predicted molar refractivity (Wildman–Crippen MR) is 86.1 cm³/mol. The zero-order valence-electron chi connectivity index (χ0n) is 12.6. The van der Waals surface area contributed by atoms with Crippen LogP contribution in [0, 0.1) is 31.6 Å². The van der Waals surface area contributed by atoms with Gasteiger partial charge in [0.05, 0.1) is 17.5 Å². The van der Waals surface area contributed by atoms with Crippen LogP contribution in [-0.4, -0.2) is 11.8 Å². The first-order valence-electron chi connectivity index (χ1n) is 7.54. The Hall–Kier alpha value is -1.16. The summed E-state index contributed by atoms with van der Waals surface area (Å²) < 4.78 is 1.04. The van der Waals surface area contributed by atoms with Crippen LogP contribution in [0.2, 0.25) is 0 Å². The molecule has 112 valence electrons. The molecule has 1 aliphatic heterocycles. The maximum Gasteiger partial charge on any atom is 0.237 e. The highest BCUT2D eigenvalue weighted by Crippen LogP contribution is 2.42. The predicted octanol–water partition coefficient (Wildman–Crippen LogP) is 3.99.